The summed E-state index contributed by atoms with van der Waals surface area (Å²) in [5, 5.41) is 13.2. The second kappa shape index (κ2) is 3.52. The standard InChI is InChI=1S/C9H6N4S/c10-5-7-6-12-13(9(7)14)8-3-1-2-4-11-8/h1-4,6,14H. The van der Waals surface area contributed by atoms with E-state index in [0.29, 0.717) is 16.4 Å². The highest BCUT2D eigenvalue weighted by Crippen LogP contribution is 2.15. The van der Waals surface area contributed by atoms with E-state index in [4.69, 9.17) is 5.26 Å². The van der Waals surface area contributed by atoms with Gasteiger partial charge in [0.25, 0.3) is 0 Å². The van der Waals surface area contributed by atoms with Crippen LogP contribution in [0.1, 0.15) is 5.56 Å². The van der Waals surface area contributed by atoms with Crippen LogP contribution >= 0.6 is 12.6 Å². The van der Waals surface area contributed by atoms with E-state index in [1.54, 1.807) is 12.3 Å². The van der Waals surface area contributed by atoms with Crippen molar-refractivity contribution >= 4 is 12.6 Å². The van der Waals surface area contributed by atoms with E-state index in [0.717, 1.165) is 0 Å². The summed E-state index contributed by atoms with van der Waals surface area (Å²) >= 11 is 4.19. The third kappa shape index (κ3) is 1.36. The molecule has 0 aliphatic rings. The predicted octanol–water partition coefficient (Wildman–Crippen LogP) is 1.43. The fourth-order valence-electron chi connectivity index (χ4n) is 1.07. The van der Waals surface area contributed by atoms with Crippen LogP contribution in [0.15, 0.2) is 35.6 Å². The average molecular weight is 202 g/mol. The van der Waals surface area contributed by atoms with E-state index in [2.05, 4.69) is 22.7 Å². The molecule has 2 aromatic heterocycles. The Morgan fingerprint density at radius 2 is 2.29 bits per heavy atom. The zero-order chi connectivity index (χ0) is 9.97. The molecular weight excluding hydrogens is 196 g/mol. The molecule has 0 aliphatic carbocycles. The van der Waals surface area contributed by atoms with Gasteiger partial charge >= 0.3 is 0 Å². The van der Waals surface area contributed by atoms with Crippen molar-refractivity contribution in [1.82, 2.24) is 14.8 Å². The number of rotatable bonds is 1. The van der Waals surface area contributed by atoms with Gasteiger partial charge in [0.1, 0.15) is 16.7 Å². The summed E-state index contributed by atoms with van der Waals surface area (Å²) in [7, 11) is 0. The molecule has 0 radical (unpaired) electrons. The predicted molar refractivity (Wildman–Crippen MR) is 53.3 cm³/mol. The Bertz CT molecular complexity index is 483. The average Bonchev–Trinajstić information content (AvgIpc) is 2.61. The van der Waals surface area contributed by atoms with E-state index < -0.39 is 0 Å². The highest BCUT2D eigenvalue weighted by atomic mass is 32.1. The van der Waals surface area contributed by atoms with Gasteiger partial charge < -0.3 is 0 Å². The number of aromatic nitrogens is 3. The normalized spacial score (nSPS) is 9.71. The minimum Gasteiger partial charge on any atom is -0.237 e. The van der Waals surface area contributed by atoms with Gasteiger partial charge in [-0.2, -0.15) is 10.4 Å². The van der Waals surface area contributed by atoms with Gasteiger partial charge in [0, 0.05) is 6.20 Å². The monoisotopic (exact) mass is 202 g/mol. The van der Waals surface area contributed by atoms with E-state index >= 15 is 0 Å². The smallest absolute Gasteiger partial charge is 0.154 e. The molecule has 0 amide bonds. The third-order valence-electron chi connectivity index (χ3n) is 1.73. The Morgan fingerprint density at radius 1 is 1.43 bits per heavy atom. The lowest BCUT2D eigenvalue weighted by atomic mass is 10.4. The van der Waals surface area contributed by atoms with Crippen molar-refractivity contribution in [2.75, 3.05) is 0 Å². The molecule has 0 fully saturated rings. The zero-order valence-corrected chi connectivity index (χ0v) is 8.02. The molecule has 0 spiro atoms. The zero-order valence-electron chi connectivity index (χ0n) is 7.12. The Morgan fingerprint density at radius 3 is 2.86 bits per heavy atom. The quantitative estimate of drug-likeness (QED) is 0.712. The first-order valence-electron chi connectivity index (χ1n) is 3.91. The Labute approximate surface area is 86.2 Å². The lowest BCUT2D eigenvalue weighted by Crippen LogP contribution is -1.98. The molecule has 2 heterocycles. The molecule has 2 rings (SSSR count). The van der Waals surface area contributed by atoms with E-state index in [1.807, 2.05) is 18.2 Å². The summed E-state index contributed by atoms with van der Waals surface area (Å²) in [6, 6.07) is 7.46. The van der Waals surface area contributed by atoms with Gasteiger partial charge in [-0.1, -0.05) is 6.07 Å². The first-order valence-corrected chi connectivity index (χ1v) is 4.36. The van der Waals surface area contributed by atoms with Crippen molar-refractivity contribution in [1.29, 1.82) is 5.26 Å². The molecule has 5 heteroatoms. The molecule has 0 aromatic carbocycles. The topological polar surface area (TPSA) is 54.5 Å². The van der Waals surface area contributed by atoms with Crippen molar-refractivity contribution in [3.8, 4) is 11.9 Å². The molecule has 0 unspecified atom stereocenters. The third-order valence-corrected chi connectivity index (χ3v) is 2.16. The minimum absolute atomic E-state index is 0.444. The summed E-state index contributed by atoms with van der Waals surface area (Å²) in [4.78, 5) is 4.10. The van der Waals surface area contributed by atoms with Crippen LogP contribution in [0, 0.1) is 11.3 Å². The maximum absolute atomic E-state index is 8.71. The number of thiol groups is 1. The van der Waals surface area contributed by atoms with Gasteiger partial charge in [0.05, 0.1) is 6.20 Å². The van der Waals surface area contributed by atoms with E-state index in [9.17, 15) is 0 Å². The Kier molecular flexibility index (Phi) is 2.21. The maximum Gasteiger partial charge on any atom is 0.154 e. The molecule has 68 valence electrons. The van der Waals surface area contributed by atoms with Gasteiger partial charge in [-0.05, 0) is 12.1 Å². The van der Waals surface area contributed by atoms with Crippen molar-refractivity contribution in [2.24, 2.45) is 0 Å². The van der Waals surface area contributed by atoms with Crippen LogP contribution in [-0.2, 0) is 0 Å². The summed E-state index contributed by atoms with van der Waals surface area (Å²) in [6.07, 6.45) is 3.13. The van der Waals surface area contributed by atoms with Crippen LogP contribution in [0.2, 0.25) is 0 Å². The van der Waals surface area contributed by atoms with Gasteiger partial charge in [0.2, 0.25) is 0 Å². The molecule has 0 saturated carbocycles. The maximum atomic E-state index is 8.71. The lowest BCUT2D eigenvalue weighted by Gasteiger charge is -2.00. The van der Waals surface area contributed by atoms with Crippen LogP contribution < -0.4 is 0 Å². The number of hydrogen-bond acceptors (Lipinski definition) is 4. The summed E-state index contributed by atoms with van der Waals surface area (Å²) in [5.74, 6) is 0.652. The number of pyridine rings is 1. The van der Waals surface area contributed by atoms with Gasteiger partial charge in [-0.25, -0.2) is 9.67 Å². The van der Waals surface area contributed by atoms with Crippen LogP contribution in [0.3, 0.4) is 0 Å². The van der Waals surface area contributed by atoms with Crippen molar-refractivity contribution in [3.05, 3.63) is 36.2 Å². The second-order valence-electron chi connectivity index (χ2n) is 2.59. The Balaban J connectivity index is 2.54. The van der Waals surface area contributed by atoms with Crippen molar-refractivity contribution in [2.45, 2.75) is 5.03 Å². The van der Waals surface area contributed by atoms with Gasteiger partial charge in [-0.15, -0.1) is 12.6 Å². The van der Waals surface area contributed by atoms with E-state index in [1.165, 1.54) is 10.9 Å². The molecule has 0 saturated heterocycles. The van der Waals surface area contributed by atoms with Crippen molar-refractivity contribution in [3.63, 3.8) is 0 Å². The highest BCUT2D eigenvalue weighted by molar-refractivity contribution is 7.80. The highest BCUT2D eigenvalue weighted by Gasteiger charge is 2.07. The fourth-order valence-corrected chi connectivity index (χ4v) is 1.33. The largest absolute Gasteiger partial charge is 0.237 e. The number of nitrogens with zero attached hydrogens (tertiary/aromatic N) is 4. The summed E-state index contributed by atoms with van der Waals surface area (Å²) in [6.45, 7) is 0. The molecule has 4 nitrogen and oxygen atoms in total. The van der Waals surface area contributed by atoms with Crippen LogP contribution in [-0.4, -0.2) is 14.8 Å². The van der Waals surface area contributed by atoms with Crippen molar-refractivity contribution < 1.29 is 0 Å². The molecule has 2 aromatic rings. The summed E-state index contributed by atoms with van der Waals surface area (Å²) in [5.41, 5.74) is 0.444. The van der Waals surface area contributed by atoms with Crippen LogP contribution in [0.5, 0.6) is 0 Å². The SMILES string of the molecule is N#Cc1cnn(-c2ccccn2)c1S. The molecular formula is C9H6N4S. The second-order valence-corrected chi connectivity index (χ2v) is 3.02. The molecule has 0 N–H and O–H groups in total. The molecule has 0 aliphatic heterocycles. The first-order chi connectivity index (χ1) is 6.83. The number of hydrogen-bond donors (Lipinski definition) is 1. The fraction of sp³-hybridized carbons (Fsp3) is 0. The molecule has 14 heavy (non-hydrogen) atoms. The van der Waals surface area contributed by atoms with Gasteiger partial charge in [0.15, 0.2) is 5.82 Å². The Hall–Kier alpha value is -1.80. The number of nitriles is 1. The summed E-state index contributed by atoms with van der Waals surface area (Å²) < 4.78 is 1.52. The van der Waals surface area contributed by atoms with Gasteiger partial charge in [-0.3, -0.25) is 0 Å². The van der Waals surface area contributed by atoms with Crippen LogP contribution in [0.4, 0.5) is 0 Å². The van der Waals surface area contributed by atoms with E-state index in [-0.39, 0.29) is 0 Å². The first kappa shape index (κ1) is 8.78. The minimum atomic E-state index is 0.444. The lowest BCUT2D eigenvalue weighted by molar-refractivity contribution is 0.778. The molecule has 0 bridgehead atoms. The van der Waals surface area contributed by atoms with Crippen LogP contribution in [0.25, 0.3) is 5.82 Å². The molecule has 0 atom stereocenters.